The first-order chi connectivity index (χ1) is 8.53. The van der Waals surface area contributed by atoms with Crippen molar-refractivity contribution >= 4 is 8.32 Å². The van der Waals surface area contributed by atoms with Crippen LogP contribution in [0.5, 0.6) is 0 Å². The lowest BCUT2D eigenvalue weighted by Crippen LogP contribution is -2.43. The summed E-state index contributed by atoms with van der Waals surface area (Å²) in [7, 11) is -1.76. The predicted molar refractivity (Wildman–Crippen MR) is 85.6 cm³/mol. The second-order valence-corrected chi connectivity index (χ2v) is 11.8. The molecule has 0 heterocycles. The maximum Gasteiger partial charge on any atom is 0.192 e. The molecule has 3 heteroatoms. The van der Waals surface area contributed by atoms with E-state index in [0.717, 1.165) is 0 Å². The zero-order chi connectivity index (χ0) is 15.3. The van der Waals surface area contributed by atoms with Crippen molar-refractivity contribution in [1.29, 1.82) is 0 Å². The van der Waals surface area contributed by atoms with E-state index < -0.39 is 8.32 Å². The number of halogens is 1. The SMILES string of the molecule is CCCC(C)(C)[Si](C)(C)OC[C@@H](C=C(C)F)C(C)C. The van der Waals surface area contributed by atoms with Gasteiger partial charge in [-0.2, -0.15) is 0 Å². The second kappa shape index (κ2) is 7.58. The lowest BCUT2D eigenvalue weighted by Gasteiger charge is -2.40. The van der Waals surface area contributed by atoms with Gasteiger partial charge in [0.25, 0.3) is 0 Å². The second-order valence-electron chi connectivity index (χ2n) is 7.12. The van der Waals surface area contributed by atoms with Gasteiger partial charge < -0.3 is 4.43 Å². The Kier molecular flexibility index (Phi) is 7.52. The number of hydrogen-bond donors (Lipinski definition) is 0. The van der Waals surface area contributed by atoms with Gasteiger partial charge in [-0.3, -0.25) is 0 Å². The molecule has 0 saturated carbocycles. The molecule has 0 aromatic carbocycles. The molecule has 0 amide bonds. The first-order valence-corrected chi connectivity index (χ1v) is 10.4. The van der Waals surface area contributed by atoms with Gasteiger partial charge in [0.1, 0.15) is 0 Å². The molecule has 1 nitrogen and oxygen atoms in total. The van der Waals surface area contributed by atoms with Gasteiger partial charge >= 0.3 is 0 Å². The highest BCUT2D eigenvalue weighted by atomic mass is 28.4. The molecule has 0 bridgehead atoms. The van der Waals surface area contributed by atoms with Crippen LogP contribution >= 0.6 is 0 Å². The van der Waals surface area contributed by atoms with Crippen molar-refractivity contribution in [2.75, 3.05) is 6.61 Å². The zero-order valence-corrected chi connectivity index (χ0v) is 15.1. The van der Waals surface area contributed by atoms with Gasteiger partial charge in [0.05, 0.1) is 5.83 Å². The van der Waals surface area contributed by atoms with Gasteiger partial charge in [-0.15, -0.1) is 0 Å². The van der Waals surface area contributed by atoms with Crippen LogP contribution in [0.2, 0.25) is 18.1 Å². The minimum Gasteiger partial charge on any atom is -0.416 e. The molecule has 0 aliphatic rings. The van der Waals surface area contributed by atoms with E-state index in [2.05, 4.69) is 47.7 Å². The number of hydrogen-bond acceptors (Lipinski definition) is 1. The van der Waals surface area contributed by atoms with Crippen LogP contribution < -0.4 is 0 Å². The fraction of sp³-hybridized carbons (Fsp3) is 0.875. The Labute approximate surface area is 120 Å². The van der Waals surface area contributed by atoms with E-state index in [1.54, 1.807) is 6.08 Å². The first kappa shape index (κ1) is 18.8. The van der Waals surface area contributed by atoms with Gasteiger partial charge in [0.15, 0.2) is 8.32 Å². The Morgan fingerprint density at radius 2 is 1.84 bits per heavy atom. The standard InChI is InChI=1S/C16H33FOSi/c1-9-10-16(5,6)19(7,8)18-12-15(13(2)3)11-14(4)17/h11,13,15H,9-10,12H2,1-8H3/t15-/m1/s1. The van der Waals surface area contributed by atoms with E-state index in [9.17, 15) is 4.39 Å². The van der Waals surface area contributed by atoms with Gasteiger partial charge in [0.2, 0.25) is 0 Å². The molecular formula is C16H33FOSi. The summed E-state index contributed by atoms with van der Waals surface area (Å²) in [4.78, 5) is 0. The van der Waals surface area contributed by atoms with Crippen molar-refractivity contribution in [3.8, 4) is 0 Å². The Bertz CT molecular complexity index is 291. The minimum absolute atomic E-state index is 0.102. The summed E-state index contributed by atoms with van der Waals surface area (Å²) in [6.45, 7) is 17.8. The monoisotopic (exact) mass is 288 g/mol. The molecule has 0 N–H and O–H groups in total. The maximum absolute atomic E-state index is 13.1. The largest absolute Gasteiger partial charge is 0.416 e. The lowest BCUT2D eigenvalue weighted by molar-refractivity contribution is 0.217. The van der Waals surface area contributed by atoms with Crippen molar-refractivity contribution in [2.45, 2.75) is 72.5 Å². The van der Waals surface area contributed by atoms with Crippen molar-refractivity contribution in [3.63, 3.8) is 0 Å². The van der Waals surface area contributed by atoms with Crippen molar-refractivity contribution in [3.05, 3.63) is 11.9 Å². The molecule has 0 radical (unpaired) electrons. The molecule has 0 aliphatic carbocycles. The van der Waals surface area contributed by atoms with E-state index in [4.69, 9.17) is 4.43 Å². The molecule has 0 rings (SSSR count). The van der Waals surface area contributed by atoms with Crippen LogP contribution in [0.15, 0.2) is 11.9 Å². The molecule has 19 heavy (non-hydrogen) atoms. The summed E-state index contributed by atoms with van der Waals surface area (Å²) in [6, 6.07) is 0. The molecule has 0 aromatic rings. The van der Waals surface area contributed by atoms with Crippen molar-refractivity contribution in [1.82, 2.24) is 0 Å². The summed E-state index contributed by atoms with van der Waals surface area (Å²) in [5, 5.41) is 0.262. The number of allylic oxidation sites excluding steroid dienone is 1. The van der Waals surface area contributed by atoms with Crippen LogP contribution in [-0.2, 0) is 4.43 Å². The van der Waals surface area contributed by atoms with Crippen LogP contribution in [0.3, 0.4) is 0 Å². The molecule has 0 spiro atoms. The van der Waals surface area contributed by atoms with Gasteiger partial charge in [-0.1, -0.05) is 41.0 Å². The topological polar surface area (TPSA) is 9.23 Å². The highest BCUT2D eigenvalue weighted by Crippen LogP contribution is 2.42. The summed E-state index contributed by atoms with van der Waals surface area (Å²) in [5.41, 5.74) is 0. The Balaban J connectivity index is 4.71. The molecule has 0 fully saturated rings. The van der Waals surface area contributed by atoms with Crippen LogP contribution in [-0.4, -0.2) is 14.9 Å². The predicted octanol–water partition coefficient (Wildman–Crippen LogP) is 5.93. The van der Waals surface area contributed by atoms with Crippen molar-refractivity contribution in [2.24, 2.45) is 11.8 Å². The Hall–Kier alpha value is -0.153. The third kappa shape index (κ3) is 6.22. The highest BCUT2D eigenvalue weighted by molar-refractivity contribution is 6.74. The summed E-state index contributed by atoms with van der Waals surface area (Å²) >= 11 is 0. The molecule has 1 atom stereocenters. The quantitative estimate of drug-likeness (QED) is 0.503. The first-order valence-electron chi connectivity index (χ1n) is 7.51. The van der Waals surface area contributed by atoms with Crippen molar-refractivity contribution < 1.29 is 8.82 Å². The van der Waals surface area contributed by atoms with Gasteiger partial charge in [0, 0.05) is 12.5 Å². The maximum atomic E-state index is 13.1. The summed E-state index contributed by atoms with van der Waals surface area (Å²) < 4.78 is 19.4. The van der Waals surface area contributed by atoms with E-state index in [1.165, 1.54) is 19.8 Å². The normalized spacial score (nSPS) is 16.0. The van der Waals surface area contributed by atoms with E-state index >= 15 is 0 Å². The molecule has 0 aliphatic heterocycles. The Morgan fingerprint density at radius 3 is 2.21 bits per heavy atom. The van der Waals surface area contributed by atoms with Crippen LogP contribution in [0.25, 0.3) is 0 Å². The fourth-order valence-electron chi connectivity index (χ4n) is 2.15. The molecule has 0 saturated heterocycles. The minimum atomic E-state index is -1.76. The smallest absolute Gasteiger partial charge is 0.192 e. The third-order valence-corrected chi connectivity index (χ3v) is 8.84. The summed E-state index contributed by atoms with van der Waals surface area (Å²) in [5.74, 6) is 0.480. The van der Waals surface area contributed by atoms with Crippen LogP contribution in [0.1, 0.15) is 54.4 Å². The van der Waals surface area contributed by atoms with E-state index in [-0.39, 0.29) is 16.8 Å². The molecule has 0 unspecified atom stereocenters. The third-order valence-electron chi connectivity index (χ3n) is 4.44. The molecule has 114 valence electrons. The average Bonchev–Trinajstić information content (AvgIpc) is 2.23. The zero-order valence-electron chi connectivity index (χ0n) is 14.1. The van der Waals surface area contributed by atoms with Gasteiger partial charge in [-0.25, -0.2) is 4.39 Å². The summed E-state index contributed by atoms with van der Waals surface area (Å²) in [6.07, 6.45) is 4.09. The lowest BCUT2D eigenvalue weighted by atomic mass is 9.96. The average molecular weight is 289 g/mol. The molecular weight excluding hydrogens is 255 g/mol. The number of rotatable bonds is 8. The molecule has 0 aromatic heterocycles. The van der Waals surface area contributed by atoms with Crippen LogP contribution in [0, 0.1) is 11.8 Å². The highest BCUT2D eigenvalue weighted by Gasteiger charge is 2.40. The van der Waals surface area contributed by atoms with Gasteiger partial charge in [-0.05, 0) is 43.5 Å². The van der Waals surface area contributed by atoms with Crippen LogP contribution in [0.4, 0.5) is 4.39 Å². The van der Waals surface area contributed by atoms with E-state index in [1.807, 2.05) is 0 Å². The van der Waals surface area contributed by atoms with E-state index in [0.29, 0.717) is 12.5 Å². The Morgan fingerprint density at radius 1 is 1.32 bits per heavy atom. The fourth-order valence-corrected chi connectivity index (χ4v) is 4.01.